The molecule has 0 aliphatic rings. The van der Waals surface area contributed by atoms with E-state index in [2.05, 4.69) is 10.3 Å². The van der Waals surface area contributed by atoms with Gasteiger partial charge in [0.2, 0.25) is 0 Å². The Hall–Kier alpha value is -2.73. The molecule has 3 N–H and O–H groups in total. The van der Waals surface area contributed by atoms with E-state index in [-0.39, 0.29) is 17.3 Å². The molecule has 1 aromatic carbocycles. The normalized spacial score (nSPS) is 11.4. The lowest BCUT2D eigenvalue weighted by atomic mass is 9.91. The predicted molar refractivity (Wildman–Crippen MR) is 98.4 cm³/mol. The Kier molecular flexibility index (Phi) is 5.54. The van der Waals surface area contributed by atoms with Crippen LogP contribution in [0.15, 0.2) is 42.6 Å². The van der Waals surface area contributed by atoms with Crippen molar-refractivity contribution in [3.05, 3.63) is 59.4 Å². The van der Waals surface area contributed by atoms with Gasteiger partial charge in [0, 0.05) is 17.4 Å². The van der Waals surface area contributed by atoms with Gasteiger partial charge in [0.05, 0.1) is 23.3 Å². The van der Waals surface area contributed by atoms with E-state index in [9.17, 15) is 9.59 Å². The number of aromatic nitrogens is 1. The highest BCUT2D eigenvalue weighted by Crippen LogP contribution is 2.21. The molecular formula is C19H24N4O2. The first-order valence-electron chi connectivity index (χ1n) is 8.03. The van der Waals surface area contributed by atoms with Crippen molar-refractivity contribution >= 4 is 17.4 Å². The van der Waals surface area contributed by atoms with Crippen molar-refractivity contribution in [2.24, 2.45) is 0 Å². The molecule has 2 aromatic rings. The van der Waals surface area contributed by atoms with Crippen LogP contribution in [-0.4, -0.2) is 41.2 Å². The van der Waals surface area contributed by atoms with Crippen LogP contribution in [0, 0.1) is 0 Å². The highest BCUT2D eigenvalue weighted by molar-refractivity contribution is 6.06. The minimum atomic E-state index is -0.683. The number of pyridine rings is 1. The van der Waals surface area contributed by atoms with E-state index in [1.165, 1.54) is 0 Å². The second-order valence-corrected chi connectivity index (χ2v) is 6.59. The Morgan fingerprint density at radius 2 is 1.92 bits per heavy atom. The monoisotopic (exact) mass is 340 g/mol. The zero-order valence-corrected chi connectivity index (χ0v) is 15.0. The number of likely N-dealkylation sites (N-methyl/N-ethyl adjacent to an activating group) is 1. The summed E-state index contributed by atoms with van der Waals surface area (Å²) < 4.78 is 0. The molecule has 2 rings (SSSR count). The minimum Gasteiger partial charge on any atom is -0.398 e. The SMILES string of the molecule is CN(C)C(C)(C)C(=O)c1ccc(N)c(C(=O)NCc2ccccn2)c1. The molecule has 0 radical (unpaired) electrons. The molecule has 132 valence electrons. The van der Waals surface area contributed by atoms with Crippen molar-refractivity contribution in [3.63, 3.8) is 0 Å². The number of anilines is 1. The van der Waals surface area contributed by atoms with Gasteiger partial charge < -0.3 is 11.1 Å². The molecule has 1 amide bonds. The highest BCUT2D eigenvalue weighted by atomic mass is 16.1. The standard InChI is InChI=1S/C19H24N4O2/c1-19(2,23(3)4)17(24)13-8-9-16(20)15(11-13)18(25)22-12-14-7-5-6-10-21-14/h5-11H,12,20H2,1-4H3,(H,22,25). The van der Waals surface area contributed by atoms with Crippen molar-refractivity contribution < 1.29 is 9.59 Å². The molecule has 25 heavy (non-hydrogen) atoms. The third kappa shape index (κ3) is 4.22. The summed E-state index contributed by atoms with van der Waals surface area (Å²) in [4.78, 5) is 31.2. The van der Waals surface area contributed by atoms with Crippen LogP contribution in [0.4, 0.5) is 5.69 Å². The number of Topliss-reactive ketones (excluding diaryl/α,β-unsaturated/α-hetero) is 1. The molecule has 0 fully saturated rings. The van der Waals surface area contributed by atoms with Crippen molar-refractivity contribution in [2.75, 3.05) is 19.8 Å². The molecule has 0 atom stereocenters. The molecule has 1 aromatic heterocycles. The van der Waals surface area contributed by atoms with Crippen molar-refractivity contribution in [1.82, 2.24) is 15.2 Å². The highest BCUT2D eigenvalue weighted by Gasteiger charge is 2.31. The van der Waals surface area contributed by atoms with E-state index in [0.29, 0.717) is 17.8 Å². The first-order valence-corrected chi connectivity index (χ1v) is 8.03. The second-order valence-electron chi connectivity index (χ2n) is 6.59. The van der Waals surface area contributed by atoms with Crippen LogP contribution in [0.2, 0.25) is 0 Å². The summed E-state index contributed by atoms with van der Waals surface area (Å²) in [6.07, 6.45) is 1.67. The number of nitrogens with two attached hydrogens (primary N) is 1. The van der Waals surface area contributed by atoms with Gasteiger partial charge in [-0.2, -0.15) is 0 Å². The van der Waals surface area contributed by atoms with Crippen LogP contribution in [0.5, 0.6) is 0 Å². The van der Waals surface area contributed by atoms with Crippen molar-refractivity contribution in [1.29, 1.82) is 0 Å². The number of hydrogen-bond acceptors (Lipinski definition) is 5. The van der Waals surface area contributed by atoms with E-state index in [0.717, 1.165) is 5.69 Å². The molecule has 1 heterocycles. The fourth-order valence-corrected chi connectivity index (χ4v) is 2.22. The number of amides is 1. The average molecular weight is 340 g/mol. The zero-order chi connectivity index (χ0) is 18.6. The molecule has 0 saturated carbocycles. The molecule has 0 bridgehead atoms. The van der Waals surface area contributed by atoms with Gasteiger partial charge >= 0.3 is 0 Å². The van der Waals surface area contributed by atoms with Crippen LogP contribution >= 0.6 is 0 Å². The Morgan fingerprint density at radius 1 is 1.20 bits per heavy atom. The molecule has 0 unspecified atom stereocenters. The number of nitrogens with one attached hydrogen (secondary N) is 1. The van der Waals surface area contributed by atoms with E-state index >= 15 is 0 Å². The van der Waals surface area contributed by atoms with Crippen LogP contribution in [-0.2, 0) is 6.54 Å². The van der Waals surface area contributed by atoms with Crippen LogP contribution in [0.25, 0.3) is 0 Å². The summed E-state index contributed by atoms with van der Waals surface area (Å²) in [5.41, 5.74) is 7.07. The third-order valence-corrected chi connectivity index (χ3v) is 4.39. The minimum absolute atomic E-state index is 0.0729. The van der Waals surface area contributed by atoms with E-state index in [1.54, 1.807) is 24.4 Å². The Morgan fingerprint density at radius 3 is 2.52 bits per heavy atom. The number of hydrogen-bond donors (Lipinski definition) is 2. The van der Waals surface area contributed by atoms with Crippen molar-refractivity contribution in [3.8, 4) is 0 Å². The number of benzene rings is 1. The molecule has 0 saturated heterocycles. The van der Waals surface area contributed by atoms with Gasteiger partial charge in [-0.15, -0.1) is 0 Å². The quantitative estimate of drug-likeness (QED) is 0.621. The lowest BCUT2D eigenvalue weighted by molar-refractivity contribution is 0.0755. The number of ketones is 1. The molecular weight excluding hydrogens is 316 g/mol. The van der Waals surface area contributed by atoms with Crippen molar-refractivity contribution in [2.45, 2.75) is 25.9 Å². The number of carbonyl (C=O) groups excluding carboxylic acids is 2. The van der Waals surface area contributed by atoms with Gasteiger partial charge in [-0.3, -0.25) is 19.5 Å². The molecule has 6 nitrogen and oxygen atoms in total. The third-order valence-electron chi connectivity index (χ3n) is 4.39. The Bertz CT molecular complexity index is 770. The van der Waals surface area contributed by atoms with Gasteiger partial charge in [-0.25, -0.2) is 0 Å². The summed E-state index contributed by atoms with van der Waals surface area (Å²) in [7, 11) is 3.69. The van der Waals surface area contributed by atoms with E-state index in [4.69, 9.17) is 5.73 Å². The van der Waals surface area contributed by atoms with Crippen LogP contribution in [0.1, 0.15) is 40.3 Å². The lowest BCUT2D eigenvalue weighted by Gasteiger charge is -2.31. The van der Waals surface area contributed by atoms with E-state index < -0.39 is 5.54 Å². The largest absolute Gasteiger partial charge is 0.398 e. The second kappa shape index (κ2) is 7.44. The number of rotatable bonds is 6. The average Bonchev–Trinajstić information content (AvgIpc) is 2.60. The maximum atomic E-state index is 12.7. The fourth-order valence-electron chi connectivity index (χ4n) is 2.22. The maximum Gasteiger partial charge on any atom is 0.253 e. The number of carbonyl (C=O) groups is 2. The Labute approximate surface area is 148 Å². The smallest absolute Gasteiger partial charge is 0.253 e. The van der Waals surface area contributed by atoms with Crippen LogP contribution < -0.4 is 11.1 Å². The van der Waals surface area contributed by atoms with Gasteiger partial charge in [-0.05, 0) is 58.3 Å². The number of nitrogens with zero attached hydrogens (tertiary/aromatic N) is 2. The molecule has 6 heteroatoms. The molecule has 0 aliphatic heterocycles. The summed E-state index contributed by atoms with van der Waals surface area (Å²) in [5.74, 6) is -0.406. The summed E-state index contributed by atoms with van der Waals surface area (Å²) in [6, 6.07) is 10.3. The lowest BCUT2D eigenvalue weighted by Crippen LogP contribution is -2.45. The summed E-state index contributed by atoms with van der Waals surface area (Å²) in [6.45, 7) is 3.97. The number of nitrogen functional groups attached to an aromatic ring is 1. The predicted octanol–water partition coefficient (Wildman–Crippen LogP) is 2.12. The molecule has 0 spiro atoms. The van der Waals surface area contributed by atoms with Gasteiger partial charge in [0.25, 0.3) is 5.91 Å². The Balaban J connectivity index is 2.21. The van der Waals surface area contributed by atoms with Gasteiger partial charge in [0.1, 0.15) is 0 Å². The first kappa shape index (κ1) is 18.6. The fraction of sp³-hybridized carbons (Fsp3) is 0.316. The topological polar surface area (TPSA) is 88.3 Å². The van der Waals surface area contributed by atoms with Crippen LogP contribution in [0.3, 0.4) is 0 Å². The molecule has 0 aliphatic carbocycles. The summed E-state index contributed by atoms with van der Waals surface area (Å²) in [5, 5.41) is 2.78. The first-order chi connectivity index (χ1) is 11.7. The summed E-state index contributed by atoms with van der Waals surface area (Å²) >= 11 is 0. The maximum absolute atomic E-state index is 12.7. The van der Waals surface area contributed by atoms with E-state index in [1.807, 2.05) is 51.0 Å². The van der Waals surface area contributed by atoms with Gasteiger partial charge in [0.15, 0.2) is 5.78 Å². The van der Waals surface area contributed by atoms with Gasteiger partial charge in [-0.1, -0.05) is 6.07 Å². The zero-order valence-electron chi connectivity index (χ0n) is 15.0.